The van der Waals surface area contributed by atoms with E-state index >= 15 is 0 Å². The second kappa shape index (κ2) is 5.74. The van der Waals surface area contributed by atoms with E-state index in [1.54, 1.807) is 12.3 Å². The van der Waals surface area contributed by atoms with Crippen molar-refractivity contribution < 1.29 is 8.78 Å². The molecule has 5 heteroatoms. The Morgan fingerprint density at radius 2 is 2.18 bits per heavy atom. The van der Waals surface area contributed by atoms with E-state index in [1.165, 1.54) is 0 Å². The lowest BCUT2D eigenvalue weighted by Gasteiger charge is -2.11. The Morgan fingerprint density at radius 3 is 2.65 bits per heavy atom. The molecule has 96 valence electrons. The topological polar surface area (TPSA) is 38.9 Å². The second-order valence-electron chi connectivity index (χ2n) is 4.41. The summed E-state index contributed by atoms with van der Waals surface area (Å²) >= 11 is 6.02. The molecule has 0 bridgehead atoms. The summed E-state index contributed by atoms with van der Waals surface area (Å²) < 4.78 is 25.3. The molecule has 17 heavy (non-hydrogen) atoms. The molecule has 0 saturated carbocycles. The van der Waals surface area contributed by atoms with E-state index in [0.717, 1.165) is 12.5 Å². The van der Waals surface area contributed by atoms with Gasteiger partial charge in [0.05, 0.1) is 10.7 Å². The highest BCUT2D eigenvalue weighted by atomic mass is 35.5. The average Bonchev–Trinajstić information content (AvgIpc) is 2.18. The van der Waals surface area contributed by atoms with Crippen molar-refractivity contribution in [1.29, 1.82) is 0 Å². The van der Waals surface area contributed by atoms with Crippen LogP contribution >= 0.6 is 11.6 Å². The zero-order valence-electron chi connectivity index (χ0n) is 10.0. The largest absolute Gasteiger partial charge is 0.324 e. The molecule has 2 N–H and O–H groups in total. The number of nitrogens with two attached hydrogens (primary N) is 1. The number of hydrogen-bond donors (Lipinski definition) is 1. The quantitative estimate of drug-likeness (QED) is 0.878. The Kier molecular flexibility index (Phi) is 4.83. The summed E-state index contributed by atoms with van der Waals surface area (Å²) in [6.07, 6.45) is 2.32. The molecule has 0 amide bonds. The molecule has 0 aliphatic carbocycles. The Labute approximate surface area is 105 Å². The SMILES string of the molecule is CC(N)c1cnc(CCCC(C)(F)F)c(Cl)c1. The van der Waals surface area contributed by atoms with Gasteiger partial charge in [-0.15, -0.1) is 0 Å². The third kappa shape index (κ3) is 4.96. The molecule has 1 aromatic heterocycles. The van der Waals surface area contributed by atoms with Crippen molar-refractivity contribution in [2.75, 3.05) is 0 Å². The number of nitrogens with zero attached hydrogens (tertiary/aromatic N) is 1. The fourth-order valence-corrected chi connectivity index (χ4v) is 1.75. The van der Waals surface area contributed by atoms with E-state index in [2.05, 4.69) is 4.98 Å². The maximum absolute atomic E-state index is 12.6. The Balaban J connectivity index is 2.61. The number of aryl methyl sites for hydroxylation is 1. The molecule has 1 rings (SSSR count). The van der Waals surface area contributed by atoms with Crippen LogP contribution in [0.3, 0.4) is 0 Å². The normalized spacial score (nSPS) is 13.8. The fraction of sp³-hybridized carbons (Fsp3) is 0.583. The van der Waals surface area contributed by atoms with Crippen LogP contribution in [0.2, 0.25) is 5.02 Å². The van der Waals surface area contributed by atoms with Gasteiger partial charge in [-0.2, -0.15) is 0 Å². The van der Waals surface area contributed by atoms with Crippen molar-refractivity contribution in [3.63, 3.8) is 0 Å². The highest BCUT2D eigenvalue weighted by Crippen LogP contribution is 2.23. The molecule has 1 aromatic rings. The minimum atomic E-state index is -2.63. The van der Waals surface area contributed by atoms with Crippen LogP contribution < -0.4 is 5.73 Å². The standard InChI is InChI=1S/C12H17ClF2N2/c1-8(16)9-6-10(13)11(17-7-9)4-3-5-12(2,14)15/h6-8H,3-5,16H2,1-2H3. The van der Waals surface area contributed by atoms with Crippen LogP contribution in [0.1, 0.15) is 44.0 Å². The molecular formula is C12H17ClF2N2. The first-order valence-electron chi connectivity index (χ1n) is 5.57. The third-order valence-electron chi connectivity index (χ3n) is 2.49. The molecule has 1 atom stereocenters. The van der Waals surface area contributed by atoms with Crippen molar-refractivity contribution in [3.05, 3.63) is 28.5 Å². The zero-order valence-corrected chi connectivity index (χ0v) is 10.8. The van der Waals surface area contributed by atoms with Gasteiger partial charge in [-0.05, 0) is 38.3 Å². The number of rotatable bonds is 5. The average molecular weight is 263 g/mol. The maximum atomic E-state index is 12.6. The van der Waals surface area contributed by atoms with Crippen LogP contribution in [-0.2, 0) is 6.42 Å². The summed E-state index contributed by atoms with van der Waals surface area (Å²) in [5.74, 6) is -2.63. The van der Waals surface area contributed by atoms with Gasteiger partial charge < -0.3 is 5.73 Å². The smallest absolute Gasteiger partial charge is 0.245 e. The maximum Gasteiger partial charge on any atom is 0.245 e. The van der Waals surface area contributed by atoms with E-state index in [-0.39, 0.29) is 12.5 Å². The Hall–Kier alpha value is -0.740. The number of alkyl halides is 2. The lowest BCUT2D eigenvalue weighted by atomic mass is 10.1. The summed E-state index contributed by atoms with van der Waals surface area (Å²) in [7, 11) is 0. The summed E-state index contributed by atoms with van der Waals surface area (Å²) in [5.41, 5.74) is 7.19. The second-order valence-corrected chi connectivity index (χ2v) is 4.82. The van der Waals surface area contributed by atoms with Crippen molar-refractivity contribution in [1.82, 2.24) is 4.98 Å². The minimum absolute atomic E-state index is 0.131. The highest BCUT2D eigenvalue weighted by Gasteiger charge is 2.20. The molecule has 0 aliphatic heterocycles. The van der Waals surface area contributed by atoms with Gasteiger partial charge in [0.1, 0.15) is 0 Å². The molecular weight excluding hydrogens is 246 g/mol. The van der Waals surface area contributed by atoms with E-state index in [1.807, 2.05) is 6.92 Å². The van der Waals surface area contributed by atoms with Gasteiger partial charge >= 0.3 is 0 Å². The van der Waals surface area contributed by atoms with Crippen molar-refractivity contribution in [3.8, 4) is 0 Å². The van der Waals surface area contributed by atoms with Gasteiger partial charge in [0.2, 0.25) is 5.92 Å². The van der Waals surface area contributed by atoms with E-state index in [4.69, 9.17) is 17.3 Å². The van der Waals surface area contributed by atoms with Crippen LogP contribution in [0.4, 0.5) is 8.78 Å². The van der Waals surface area contributed by atoms with E-state index < -0.39 is 5.92 Å². The van der Waals surface area contributed by atoms with Crippen molar-refractivity contribution >= 4 is 11.6 Å². The number of pyridine rings is 1. The molecule has 1 unspecified atom stereocenters. The third-order valence-corrected chi connectivity index (χ3v) is 2.82. The van der Waals surface area contributed by atoms with Gasteiger partial charge in [-0.3, -0.25) is 4.98 Å². The van der Waals surface area contributed by atoms with Gasteiger partial charge in [-0.25, -0.2) is 8.78 Å². The molecule has 0 fully saturated rings. The van der Waals surface area contributed by atoms with Crippen LogP contribution in [0.5, 0.6) is 0 Å². The molecule has 0 aliphatic rings. The lowest BCUT2D eigenvalue weighted by molar-refractivity contribution is 0.0110. The molecule has 2 nitrogen and oxygen atoms in total. The van der Waals surface area contributed by atoms with Gasteiger partial charge in [0.15, 0.2) is 0 Å². The molecule has 1 heterocycles. The molecule has 0 aromatic carbocycles. The Bertz CT molecular complexity index is 375. The fourth-order valence-electron chi connectivity index (χ4n) is 1.48. The van der Waals surface area contributed by atoms with Crippen LogP contribution in [-0.4, -0.2) is 10.9 Å². The molecule has 0 radical (unpaired) electrons. The number of aromatic nitrogens is 1. The highest BCUT2D eigenvalue weighted by molar-refractivity contribution is 6.31. The predicted octanol–water partition coefficient (Wildman–Crippen LogP) is 3.73. The summed E-state index contributed by atoms with van der Waals surface area (Å²) in [6, 6.07) is 1.62. The monoisotopic (exact) mass is 262 g/mol. The van der Waals surface area contributed by atoms with Crippen molar-refractivity contribution in [2.45, 2.75) is 45.1 Å². The number of halogens is 3. The summed E-state index contributed by atoms with van der Waals surface area (Å²) in [5, 5.41) is 0.499. The summed E-state index contributed by atoms with van der Waals surface area (Å²) in [4.78, 5) is 4.16. The van der Waals surface area contributed by atoms with E-state index in [0.29, 0.717) is 23.6 Å². The predicted molar refractivity (Wildman–Crippen MR) is 65.4 cm³/mol. The first kappa shape index (κ1) is 14.3. The minimum Gasteiger partial charge on any atom is -0.324 e. The first-order chi connectivity index (χ1) is 7.79. The number of hydrogen-bond acceptors (Lipinski definition) is 2. The van der Waals surface area contributed by atoms with Crippen molar-refractivity contribution in [2.24, 2.45) is 5.73 Å². The lowest BCUT2D eigenvalue weighted by Crippen LogP contribution is -2.10. The van der Waals surface area contributed by atoms with Crippen LogP contribution in [0.15, 0.2) is 12.3 Å². The Morgan fingerprint density at radius 1 is 1.53 bits per heavy atom. The van der Waals surface area contributed by atoms with Crippen LogP contribution in [0, 0.1) is 0 Å². The first-order valence-corrected chi connectivity index (χ1v) is 5.95. The molecule has 0 spiro atoms. The molecule has 0 saturated heterocycles. The zero-order chi connectivity index (χ0) is 13.1. The summed E-state index contributed by atoms with van der Waals surface area (Å²) in [6.45, 7) is 2.76. The van der Waals surface area contributed by atoms with Gasteiger partial charge in [0, 0.05) is 18.7 Å². The van der Waals surface area contributed by atoms with Gasteiger partial charge in [-0.1, -0.05) is 11.6 Å². The van der Waals surface area contributed by atoms with E-state index in [9.17, 15) is 8.78 Å². The van der Waals surface area contributed by atoms with Crippen LogP contribution in [0.25, 0.3) is 0 Å². The van der Waals surface area contributed by atoms with Gasteiger partial charge in [0.25, 0.3) is 0 Å².